The molecule has 0 unspecified atom stereocenters. The molecule has 0 heterocycles. The zero-order valence-electron chi connectivity index (χ0n) is 11.5. The van der Waals surface area contributed by atoms with Gasteiger partial charge in [0.15, 0.2) is 0 Å². The second-order valence-corrected chi connectivity index (χ2v) is 4.37. The summed E-state index contributed by atoms with van der Waals surface area (Å²) in [5, 5.41) is 0. The summed E-state index contributed by atoms with van der Waals surface area (Å²) in [6.07, 6.45) is 0. The van der Waals surface area contributed by atoms with Crippen LogP contribution in [0.3, 0.4) is 0 Å². The number of carbonyl (C=O) groups is 1. The molecule has 0 fully saturated rings. The molecule has 20 heavy (non-hydrogen) atoms. The van der Waals surface area contributed by atoms with E-state index < -0.39 is 5.91 Å². The Balaban J connectivity index is 2.52. The number of methoxy groups -OCH3 is 1. The predicted octanol–water partition coefficient (Wildman–Crippen LogP) is 2.14. The maximum absolute atomic E-state index is 11.5. The molecule has 0 aliphatic rings. The summed E-state index contributed by atoms with van der Waals surface area (Å²) in [7, 11) is 3.43. The van der Waals surface area contributed by atoms with E-state index in [-0.39, 0.29) is 0 Å². The molecule has 0 aromatic heterocycles. The Labute approximate surface area is 117 Å². The zero-order chi connectivity index (χ0) is 14.7. The Morgan fingerprint density at radius 2 is 1.90 bits per heavy atom. The van der Waals surface area contributed by atoms with Gasteiger partial charge in [-0.05, 0) is 24.3 Å². The number of rotatable bonds is 4. The minimum absolute atomic E-state index is 0.385. The molecule has 1 amide bonds. The molecular formula is C15H17N3O2. The normalized spacial score (nSPS) is 10.1. The maximum atomic E-state index is 11.5. The smallest absolute Gasteiger partial charge is 0.250 e. The van der Waals surface area contributed by atoms with Crippen molar-refractivity contribution in [3.8, 4) is 5.75 Å². The van der Waals surface area contributed by atoms with Crippen molar-refractivity contribution in [2.24, 2.45) is 5.73 Å². The van der Waals surface area contributed by atoms with Crippen molar-refractivity contribution in [1.82, 2.24) is 0 Å². The standard InChI is InChI=1S/C15H17N3O2/c1-18(10-5-3-6-11(9-10)20-2)14-12(15(17)19)7-4-8-13(14)16/h3-9H,16H2,1-2H3,(H2,17,19). The number of hydrogen-bond donors (Lipinski definition) is 2. The highest BCUT2D eigenvalue weighted by Gasteiger charge is 2.16. The number of anilines is 3. The van der Waals surface area contributed by atoms with E-state index in [4.69, 9.17) is 16.2 Å². The Kier molecular flexibility index (Phi) is 3.79. The SMILES string of the molecule is COc1cccc(N(C)c2c(N)cccc2C(N)=O)c1. The van der Waals surface area contributed by atoms with Gasteiger partial charge in [-0.3, -0.25) is 4.79 Å². The summed E-state index contributed by atoms with van der Waals surface area (Å²) >= 11 is 0. The lowest BCUT2D eigenvalue weighted by Crippen LogP contribution is -2.19. The Bertz CT molecular complexity index is 641. The van der Waals surface area contributed by atoms with Crippen LogP contribution in [0.25, 0.3) is 0 Å². The third-order valence-electron chi connectivity index (χ3n) is 3.11. The monoisotopic (exact) mass is 271 g/mol. The van der Waals surface area contributed by atoms with Crippen LogP contribution >= 0.6 is 0 Å². The van der Waals surface area contributed by atoms with E-state index in [1.807, 2.05) is 36.2 Å². The topological polar surface area (TPSA) is 81.6 Å². The molecule has 4 N–H and O–H groups in total. The van der Waals surface area contributed by atoms with Crippen LogP contribution in [0.5, 0.6) is 5.75 Å². The van der Waals surface area contributed by atoms with Crippen LogP contribution in [0.2, 0.25) is 0 Å². The summed E-state index contributed by atoms with van der Waals surface area (Å²) < 4.78 is 5.20. The number of nitrogens with zero attached hydrogens (tertiary/aromatic N) is 1. The van der Waals surface area contributed by atoms with Gasteiger partial charge < -0.3 is 21.1 Å². The number of hydrogen-bond acceptors (Lipinski definition) is 4. The number of nitrogens with two attached hydrogens (primary N) is 2. The van der Waals surface area contributed by atoms with Gasteiger partial charge in [0.1, 0.15) is 5.75 Å². The van der Waals surface area contributed by atoms with Crippen LogP contribution in [-0.4, -0.2) is 20.1 Å². The molecule has 0 bridgehead atoms. The van der Waals surface area contributed by atoms with Crippen LogP contribution in [0.15, 0.2) is 42.5 Å². The fourth-order valence-electron chi connectivity index (χ4n) is 2.08. The van der Waals surface area contributed by atoms with Gasteiger partial charge in [-0.15, -0.1) is 0 Å². The summed E-state index contributed by atoms with van der Waals surface area (Å²) in [6.45, 7) is 0. The molecular weight excluding hydrogens is 254 g/mol. The predicted molar refractivity (Wildman–Crippen MR) is 80.4 cm³/mol. The number of carbonyl (C=O) groups excluding carboxylic acids is 1. The number of benzene rings is 2. The molecule has 5 nitrogen and oxygen atoms in total. The maximum Gasteiger partial charge on any atom is 0.250 e. The van der Waals surface area contributed by atoms with Gasteiger partial charge in [-0.2, -0.15) is 0 Å². The second-order valence-electron chi connectivity index (χ2n) is 4.37. The van der Waals surface area contributed by atoms with Crippen molar-refractivity contribution in [2.75, 3.05) is 24.8 Å². The lowest BCUT2D eigenvalue weighted by molar-refractivity contribution is 0.100. The second kappa shape index (κ2) is 5.52. The molecule has 5 heteroatoms. The Hall–Kier alpha value is -2.69. The van der Waals surface area contributed by atoms with Crippen LogP contribution in [0.1, 0.15) is 10.4 Å². The van der Waals surface area contributed by atoms with Gasteiger partial charge in [-0.1, -0.05) is 12.1 Å². The van der Waals surface area contributed by atoms with E-state index in [0.29, 0.717) is 16.9 Å². The number of para-hydroxylation sites is 1. The number of primary amides is 1. The molecule has 104 valence electrons. The van der Waals surface area contributed by atoms with Crippen molar-refractivity contribution in [2.45, 2.75) is 0 Å². The minimum Gasteiger partial charge on any atom is -0.497 e. The van der Waals surface area contributed by atoms with Crippen molar-refractivity contribution in [3.05, 3.63) is 48.0 Å². The number of amides is 1. The van der Waals surface area contributed by atoms with Gasteiger partial charge in [0, 0.05) is 18.8 Å². The average molecular weight is 271 g/mol. The highest BCUT2D eigenvalue weighted by molar-refractivity contribution is 6.02. The molecule has 0 radical (unpaired) electrons. The molecule has 0 saturated heterocycles. The summed E-state index contributed by atoms with van der Waals surface area (Å²) in [6, 6.07) is 12.6. The molecule has 0 atom stereocenters. The largest absolute Gasteiger partial charge is 0.497 e. The van der Waals surface area contributed by atoms with Crippen LogP contribution in [-0.2, 0) is 0 Å². The van der Waals surface area contributed by atoms with E-state index in [9.17, 15) is 4.79 Å². The molecule has 0 spiro atoms. The van der Waals surface area contributed by atoms with Crippen LogP contribution in [0.4, 0.5) is 17.1 Å². The summed E-state index contributed by atoms with van der Waals surface area (Å²) in [5.41, 5.74) is 13.7. The fourth-order valence-corrected chi connectivity index (χ4v) is 2.08. The molecule has 2 aromatic rings. The lowest BCUT2D eigenvalue weighted by Gasteiger charge is -2.23. The van der Waals surface area contributed by atoms with Crippen LogP contribution < -0.4 is 21.1 Å². The van der Waals surface area contributed by atoms with E-state index >= 15 is 0 Å². The summed E-state index contributed by atoms with van der Waals surface area (Å²) in [5.74, 6) is 0.214. The average Bonchev–Trinajstić information content (AvgIpc) is 2.46. The summed E-state index contributed by atoms with van der Waals surface area (Å²) in [4.78, 5) is 13.4. The molecule has 2 rings (SSSR count). The molecule has 0 aliphatic heterocycles. The third kappa shape index (κ3) is 2.51. The van der Waals surface area contributed by atoms with E-state index in [1.165, 1.54) is 0 Å². The minimum atomic E-state index is -0.512. The third-order valence-corrected chi connectivity index (χ3v) is 3.11. The quantitative estimate of drug-likeness (QED) is 0.835. The fraction of sp³-hybridized carbons (Fsp3) is 0.133. The first-order valence-electron chi connectivity index (χ1n) is 6.10. The Morgan fingerprint density at radius 3 is 2.55 bits per heavy atom. The number of nitrogen functional groups attached to an aromatic ring is 1. The van der Waals surface area contributed by atoms with Crippen LogP contribution in [0, 0.1) is 0 Å². The van der Waals surface area contributed by atoms with Crippen molar-refractivity contribution in [3.63, 3.8) is 0 Å². The zero-order valence-corrected chi connectivity index (χ0v) is 11.5. The van der Waals surface area contributed by atoms with E-state index in [2.05, 4.69) is 0 Å². The Morgan fingerprint density at radius 1 is 1.20 bits per heavy atom. The molecule has 0 aliphatic carbocycles. The van der Waals surface area contributed by atoms with Gasteiger partial charge in [-0.25, -0.2) is 0 Å². The van der Waals surface area contributed by atoms with Crippen molar-refractivity contribution < 1.29 is 9.53 Å². The highest BCUT2D eigenvalue weighted by Crippen LogP contribution is 2.33. The molecule has 0 saturated carbocycles. The van der Waals surface area contributed by atoms with Gasteiger partial charge in [0.05, 0.1) is 24.0 Å². The number of ether oxygens (including phenoxy) is 1. The van der Waals surface area contributed by atoms with Crippen molar-refractivity contribution in [1.29, 1.82) is 0 Å². The highest BCUT2D eigenvalue weighted by atomic mass is 16.5. The lowest BCUT2D eigenvalue weighted by atomic mass is 10.1. The van der Waals surface area contributed by atoms with Gasteiger partial charge in [0.25, 0.3) is 5.91 Å². The molecule has 2 aromatic carbocycles. The van der Waals surface area contributed by atoms with Gasteiger partial charge >= 0.3 is 0 Å². The van der Waals surface area contributed by atoms with E-state index in [1.54, 1.807) is 25.3 Å². The van der Waals surface area contributed by atoms with Gasteiger partial charge in [0.2, 0.25) is 0 Å². The van der Waals surface area contributed by atoms with E-state index in [0.717, 1.165) is 11.4 Å². The van der Waals surface area contributed by atoms with Crippen molar-refractivity contribution >= 4 is 23.0 Å². The first-order valence-corrected chi connectivity index (χ1v) is 6.10. The first kappa shape index (κ1) is 13.7. The first-order chi connectivity index (χ1) is 9.54.